The van der Waals surface area contributed by atoms with Crippen LogP contribution < -0.4 is 0 Å². The molecule has 1 aromatic carbocycles. The van der Waals surface area contributed by atoms with E-state index >= 15 is 0 Å². The number of rotatable bonds is 6. The molecule has 0 aromatic heterocycles. The van der Waals surface area contributed by atoms with Crippen molar-refractivity contribution < 1.29 is 17.9 Å². The Labute approximate surface area is 174 Å². The molecule has 0 unspecified atom stereocenters. The largest absolute Gasteiger partial charge is 0.379 e. The summed E-state index contributed by atoms with van der Waals surface area (Å²) in [5.74, 6) is 0.562. The zero-order chi connectivity index (χ0) is 20.4. The fourth-order valence-corrected chi connectivity index (χ4v) is 6.19. The van der Waals surface area contributed by atoms with Crippen LogP contribution >= 0.6 is 0 Å². The molecular weight excluding hydrogens is 388 g/mol. The lowest BCUT2D eigenvalue weighted by molar-refractivity contribution is 0.0698. The highest BCUT2D eigenvalue weighted by molar-refractivity contribution is 7.89. The van der Waals surface area contributed by atoms with E-state index in [1.807, 2.05) is 4.90 Å². The summed E-state index contributed by atoms with van der Waals surface area (Å²) in [7, 11) is -3.62. The van der Waals surface area contributed by atoms with Crippen LogP contribution in [-0.2, 0) is 14.8 Å². The third-order valence-corrected chi connectivity index (χ3v) is 8.49. The van der Waals surface area contributed by atoms with E-state index in [1.165, 1.54) is 36.4 Å². The first-order chi connectivity index (χ1) is 14.0. The van der Waals surface area contributed by atoms with Gasteiger partial charge in [-0.25, -0.2) is 8.42 Å². The molecule has 2 saturated carbocycles. The number of nitrogens with zero attached hydrogens (tertiary/aromatic N) is 2. The standard InChI is InChI=1S/C22H32N2O4S/c1-17-7-8-19(15-21(17)29(26,27)23-11-13-28-14-12-23)22(25)24(20-9-10-20)16-18-5-3-2-4-6-18/h7-8,15,18,20H,2-6,9-14,16H2,1H3. The average molecular weight is 421 g/mol. The van der Waals surface area contributed by atoms with E-state index in [4.69, 9.17) is 4.74 Å². The van der Waals surface area contributed by atoms with E-state index in [0.717, 1.165) is 19.4 Å². The van der Waals surface area contributed by atoms with Gasteiger partial charge in [0.2, 0.25) is 10.0 Å². The Bertz CT molecular complexity index is 838. The fraction of sp³-hybridized carbons (Fsp3) is 0.682. The van der Waals surface area contributed by atoms with E-state index in [-0.39, 0.29) is 10.8 Å². The number of hydrogen-bond acceptors (Lipinski definition) is 4. The molecule has 1 aromatic rings. The Balaban J connectivity index is 1.57. The van der Waals surface area contributed by atoms with Gasteiger partial charge in [-0.15, -0.1) is 0 Å². The molecule has 160 valence electrons. The van der Waals surface area contributed by atoms with Crippen LogP contribution in [0.3, 0.4) is 0 Å². The maximum atomic E-state index is 13.4. The molecule has 2 aliphatic carbocycles. The first-order valence-corrected chi connectivity index (χ1v) is 12.4. The van der Waals surface area contributed by atoms with Gasteiger partial charge in [0, 0.05) is 31.2 Å². The number of benzene rings is 1. The molecule has 1 amide bonds. The molecule has 6 nitrogen and oxygen atoms in total. The van der Waals surface area contributed by atoms with Crippen molar-refractivity contribution in [3.05, 3.63) is 29.3 Å². The molecule has 3 aliphatic rings. The zero-order valence-electron chi connectivity index (χ0n) is 17.3. The minimum Gasteiger partial charge on any atom is -0.379 e. The summed E-state index contributed by atoms with van der Waals surface area (Å²) in [5, 5.41) is 0. The Hall–Kier alpha value is -1.44. The molecule has 4 rings (SSSR count). The fourth-order valence-electron chi connectivity index (χ4n) is 4.53. The molecule has 0 bridgehead atoms. The molecule has 0 spiro atoms. The summed E-state index contributed by atoms with van der Waals surface area (Å²) >= 11 is 0. The SMILES string of the molecule is Cc1ccc(C(=O)N(CC2CCCCC2)C2CC2)cc1S(=O)(=O)N1CCOCC1. The van der Waals surface area contributed by atoms with Crippen molar-refractivity contribution in [2.24, 2.45) is 5.92 Å². The summed E-state index contributed by atoms with van der Waals surface area (Å²) < 4.78 is 33.1. The first kappa shape index (κ1) is 20.8. The average Bonchev–Trinajstić information content (AvgIpc) is 3.58. The second-order valence-corrected chi connectivity index (χ2v) is 10.6. The van der Waals surface area contributed by atoms with E-state index in [1.54, 1.807) is 25.1 Å². The quantitative estimate of drug-likeness (QED) is 0.709. The van der Waals surface area contributed by atoms with Gasteiger partial charge >= 0.3 is 0 Å². The Morgan fingerprint density at radius 2 is 1.79 bits per heavy atom. The van der Waals surface area contributed by atoms with Crippen LogP contribution in [0.4, 0.5) is 0 Å². The predicted molar refractivity (Wildman–Crippen MR) is 111 cm³/mol. The molecule has 1 aliphatic heterocycles. The number of morpholine rings is 1. The van der Waals surface area contributed by atoms with Gasteiger partial charge in [-0.1, -0.05) is 25.3 Å². The summed E-state index contributed by atoms with van der Waals surface area (Å²) in [4.78, 5) is 15.6. The number of sulfonamides is 1. The summed E-state index contributed by atoms with van der Waals surface area (Å²) in [6.45, 7) is 4.14. The van der Waals surface area contributed by atoms with Gasteiger partial charge in [-0.05, 0) is 56.2 Å². The van der Waals surface area contributed by atoms with Crippen molar-refractivity contribution in [3.63, 3.8) is 0 Å². The van der Waals surface area contributed by atoms with Crippen molar-refractivity contribution >= 4 is 15.9 Å². The van der Waals surface area contributed by atoms with Crippen LogP contribution in [0.15, 0.2) is 23.1 Å². The molecular formula is C22H32N2O4S. The molecule has 1 saturated heterocycles. The first-order valence-electron chi connectivity index (χ1n) is 11.0. The predicted octanol–water partition coefficient (Wildman–Crippen LogP) is 3.20. The van der Waals surface area contributed by atoms with Crippen molar-refractivity contribution in [2.75, 3.05) is 32.8 Å². The molecule has 7 heteroatoms. The van der Waals surface area contributed by atoms with Crippen molar-refractivity contribution in [2.45, 2.75) is 62.8 Å². The highest BCUT2D eigenvalue weighted by Gasteiger charge is 2.35. The van der Waals surface area contributed by atoms with E-state index in [0.29, 0.717) is 49.4 Å². The topological polar surface area (TPSA) is 66.9 Å². The normalized spacial score (nSPS) is 21.8. The minimum absolute atomic E-state index is 0.0171. The van der Waals surface area contributed by atoms with Crippen LogP contribution in [0.5, 0.6) is 0 Å². The Kier molecular flexibility index (Phi) is 6.27. The third-order valence-electron chi connectivity index (χ3n) is 6.45. The number of aryl methyl sites for hydroxylation is 1. The number of carbonyl (C=O) groups is 1. The monoisotopic (exact) mass is 420 g/mol. The van der Waals surface area contributed by atoms with E-state index in [9.17, 15) is 13.2 Å². The van der Waals surface area contributed by atoms with Crippen LogP contribution in [0.2, 0.25) is 0 Å². The lowest BCUT2D eigenvalue weighted by Gasteiger charge is -2.30. The van der Waals surface area contributed by atoms with E-state index in [2.05, 4.69) is 0 Å². The summed E-state index contributed by atoms with van der Waals surface area (Å²) in [6.07, 6.45) is 8.32. The second kappa shape index (κ2) is 8.74. The van der Waals surface area contributed by atoms with Gasteiger partial charge in [-0.2, -0.15) is 4.31 Å². The van der Waals surface area contributed by atoms with Gasteiger partial charge in [0.05, 0.1) is 18.1 Å². The van der Waals surface area contributed by atoms with Gasteiger partial charge in [-0.3, -0.25) is 4.79 Å². The molecule has 0 N–H and O–H groups in total. The van der Waals surface area contributed by atoms with Crippen LogP contribution in [-0.4, -0.2) is 62.4 Å². The Morgan fingerprint density at radius 1 is 1.10 bits per heavy atom. The number of hydrogen-bond donors (Lipinski definition) is 0. The lowest BCUT2D eigenvalue weighted by atomic mass is 9.88. The van der Waals surface area contributed by atoms with Gasteiger partial charge in [0.25, 0.3) is 5.91 Å². The highest BCUT2D eigenvalue weighted by atomic mass is 32.2. The maximum absolute atomic E-state index is 13.4. The van der Waals surface area contributed by atoms with Crippen molar-refractivity contribution in [1.29, 1.82) is 0 Å². The van der Waals surface area contributed by atoms with Crippen LogP contribution in [0.1, 0.15) is 60.9 Å². The molecule has 0 atom stereocenters. The van der Waals surface area contributed by atoms with Gasteiger partial charge in [0.1, 0.15) is 0 Å². The van der Waals surface area contributed by atoms with Crippen LogP contribution in [0, 0.1) is 12.8 Å². The molecule has 29 heavy (non-hydrogen) atoms. The summed E-state index contributed by atoms with van der Waals surface area (Å²) in [5.41, 5.74) is 1.17. The zero-order valence-corrected chi connectivity index (χ0v) is 18.1. The second-order valence-electron chi connectivity index (χ2n) is 8.69. The molecule has 1 heterocycles. The lowest BCUT2D eigenvalue weighted by Crippen LogP contribution is -2.41. The van der Waals surface area contributed by atoms with Gasteiger partial charge < -0.3 is 9.64 Å². The van der Waals surface area contributed by atoms with Gasteiger partial charge in [0.15, 0.2) is 0 Å². The smallest absolute Gasteiger partial charge is 0.254 e. The molecule has 3 fully saturated rings. The number of ether oxygens (including phenoxy) is 1. The number of amides is 1. The molecule has 0 radical (unpaired) electrons. The van der Waals surface area contributed by atoms with Crippen molar-refractivity contribution in [3.8, 4) is 0 Å². The summed E-state index contributed by atoms with van der Waals surface area (Å²) in [6, 6.07) is 5.47. The van der Waals surface area contributed by atoms with Crippen LogP contribution in [0.25, 0.3) is 0 Å². The van der Waals surface area contributed by atoms with Crippen molar-refractivity contribution in [1.82, 2.24) is 9.21 Å². The highest BCUT2D eigenvalue weighted by Crippen LogP contribution is 2.33. The number of carbonyl (C=O) groups excluding carboxylic acids is 1. The maximum Gasteiger partial charge on any atom is 0.254 e. The van der Waals surface area contributed by atoms with E-state index < -0.39 is 10.0 Å². The minimum atomic E-state index is -3.62. The third kappa shape index (κ3) is 4.67. The Morgan fingerprint density at radius 3 is 2.45 bits per heavy atom.